The quantitative estimate of drug-likeness (QED) is 0.437. The third-order valence-electron chi connectivity index (χ3n) is 5.78. The molecule has 198 valence electrons. The average Bonchev–Trinajstić information content (AvgIpc) is 2.82. The van der Waals surface area contributed by atoms with E-state index in [1.807, 2.05) is 45.0 Å². The Morgan fingerprint density at radius 2 is 1.75 bits per heavy atom. The van der Waals surface area contributed by atoms with Crippen molar-refractivity contribution < 1.29 is 22.7 Å². The summed E-state index contributed by atoms with van der Waals surface area (Å²) in [7, 11) is -2.05. The largest absolute Gasteiger partial charge is 0.497 e. The van der Waals surface area contributed by atoms with Gasteiger partial charge in [0.05, 0.1) is 19.1 Å². The standard InChI is InChI=1S/C27H39N3O5S/c1-20(2)18-28-27(32)22(4)29(19-23-11-7-10-21(3)16-23)26(31)14-9-15-30(36(6,33)34)24-12-8-13-25(17-24)35-5/h7-8,10-13,16-17,20,22H,9,14-15,18-19H2,1-6H3,(H,28,32)/t22-/m0/s1. The number of anilines is 1. The number of nitrogens with one attached hydrogen (secondary N) is 1. The minimum Gasteiger partial charge on any atom is -0.497 e. The van der Waals surface area contributed by atoms with E-state index < -0.39 is 16.1 Å². The zero-order valence-corrected chi connectivity index (χ0v) is 23.0. The van der Waals surface area contributed by atoms with E-state index in [-0.39, 0.29) is 24.8 Å². The SMILES string of the molecule is COc1cccc(N(CCCC(=O)N(Cc2cccc(C)c2)[C@@H](C)C(=O)NCC(C)C)S(C)(=O)=O)c1. The molecule has 0 unspecified atom stereocenters. The van der Waals surface area contributed by atoms with Crippen molar-refractivity contribution in [3.05, 3.63) is 59.7 Å². The lowest BCUT2D eigenvalue weighted by Crippen LogP contribution is -2.48. The second-order valence-corrected chi connectivity index (χ2v) is 11.4. The van der Waals surface area contributed by atoms with Crippen LogP contribution in [-0.4, -0.2) is 57.6 Å². The van der Waals surface area contributed by atoms with Crippen LogP contribution in [0.15, 0.2) is 48.5 Å². The topological polar surface area (TPSA) is 96.0 Å². The van der Waals surface area contributed by atoms with Gasteiger partial charge in [-0.3, -0.25) is 13.9 Å². The fourth-order valence-electron chi connectivity index (χ4n) is 3.81. The molecule has 9 heteroatoms. The molecule has 2 amide bonds. The maximum atomic E-state index is 13.3. The highest BCUT2D eigenvalue weighted by Crippen LogP contribution is 2.24. The number of sulfonamides is 1. The number of hydrogen-bond donors (Lipinski definition) is 1. The van der Waals surface area contributed by atoms with Crippen LogP contribution in [0.2, 0.25) is 0 Å². The number of methoxy groups -OCH3 is 1. The first-order valence-corrected chi connectivity index (χ1v) is 14.0. The maximum Gasteiger partial charge on any atom is 0.242 e. The molecule has 1 atom stereocenters. The minimum absolute atomic E-state index is 0.101. The molecule has 2 aromatic carbocycles. The molecule has 0 aliphatic carbocycles. The minimum atomic E-state index is -3.57. The Balaban J connectivity index is 2.17. The highest BCUT2D eigenvalue weighted by Gasteiger charge is 2.26. The van der Waals surface area contributed by atoms with Crippen LogP contribution in [0.4, 0.5) is 5.69 Å². The lowest BCUT2D eigenvalue weighted by Gasteiger charge is -2.30. The molecule has 0 saturated carbocycles. The summed E-state index contributed by atoms with van der Waals surface area (Å²) in [5, 5.41) is 2.91. The van der Waals surface area contributed by atoms with Crippen LogP contribution in [0.5, 0.6) is 5.75 Å². The van der Waals surface area contributed by atoms with Crippen molar-refractivity contribution in [2.75, 3.05) is 30.8 Å². The van der Waals surface area contributed by atoms with Crippen molar-refractivity contribution in [2.45, 2.75) is 53.1 Å². The smallest absolute Gasteiger partial charge is 0.242 e. The predicted octanol–water partition coefficient (Wildman–Crippen LogP) is 3.74. The number of aryl methyl sites for hydroxylation is 1. The van der Waals surface area contributed by atoms with E-state index >= 15 is 0 Å². The van der Waals surface area contributed by atoms with Gasteiger partial charge in [-0.15, -0.1) is 0 Å². The van der Waals surface area contributed by atoms with Gasteiger partial charge in [-0.2, -0.15) is 0 Å². The summed E-state index contributed by atoms with van der Waals surface area (Å²) in [5.74, 6) is 0.421. The lowest BCUT2D eigenvalue weighted by atomic mass is 10.1. The van der Waals surface area contributed by atoms with Crippen LogP contribution in [0.1, 0.15) is 44.7 Å². The second-order valence-electron chi connectivity index (χ2n) is 9.47. The van der Waals surface area contributed by atoms with Crippen molar-refractivity contribution in [3.63, 3.8) is 0 Å². The maximum absolute atomic E-state index is 13.3. The first kappa shape index (κ1) is 29.2. The lowest BCUT2D eigenvalue weighted by molar-refractivity contribution is -0.140. The van der Waals surface area contributed by atoms with E-state index in [2.05, 4.69) is 5.32 Å². The number of amides is 2. The molecule has 0 saturated heterocycles. The van der Waals surface area contributed by atoms with Crippen LogP contribution >= 0.6 is 0 Å². The second kappa shape index (κ2) is 13.3. The van der Waals surface area contributed by atoms with Gasteiger partial charge in [0.1, 0.15) is 11.8 Å². The summed E-state index contributed by atoms with van der Waals surface area (Å²) in [6.07, 6.45) is 1.54. The molecule has 2 rings (SSSR count). The zero-order chi connectivity index (χ0) is 26.9. The van der Waals surface area contributed by atoms with Crippen molar-refractivity contribution in [1.29, 1.82) is 0 Å². The molecule has 36 heavy (non-hydrogen) atoms. The van der Waals surface area contributed by atoms with Gasteiger partial charge in [-0.05, 0) is 43.9 Å². The molecule has 0 fully saturated rings. The van der Waals surface area contributed by atoms with Gasteiger partial charge < -0.3 is 15.0 Å². The molecule has 0 heterocycles. The number of nitrogens with zero attached hydrogens (tertiary/aromatic N) is 2. The Morgan fingerprint density at radius 1 is 1.06 bits per heavy atom. The number of carbonyl (C=O) groups is 2. The molecule has 0 bridgehead atoms. The van der Waals surface area contributed by atoms with Crippen molar-refractivity contribution in [1.82, 2.24) is 10.2 Å². The van der Waals surface area contributed by atoms with Gasteiger partial charge in [0.2, 0.25) is 21.8 Å². The van der Waals surface area contributed by atoms with Crippen LogP contribution in [0, 0.1) is 12.8 Å². The monoisotopic (exact) mass is 517 g/mol. The number of ether oxygens (including phenoxy) is 1. The summed E-state index contributed by atoms with van der Waals surface area (Å²) in [4.78, 5) is 27.7. The first-order chi connectivity index (χ1) is 16.9. The van der Waals surface area contributed by atoms with E-state index in [1.165, 1.54) is 11.4 Å². The molecule has 0 spiro atoms. The third-order valence-corrected chi connectivity index (χ3v) is 6.97. The Labute approximate surface area is 215 Å². The van der Waals surface area contributed by atoms with Crippen molar-refractivity contribution >= 4 is 27.5 Å². The molecule has 2 aromatic rings. The number of hydrogen-bond acceptors (Lipinski definition) is 5. The van der Waals surface area contributed by atoms with Crippen LogP contribution in [0.25, 0.3) is 0 Å². The normalized spacial score (nSPS) is 12.2. The summed E-state index contributed by atoms with van der Waals surface area (Å²) >= 11 is 0. The average molecular weight is 518 g/mol. The zero-order valence-electron chi connectivity index (χ0n) is 22.2. The van der Waals surface area contributed by atoms with Gasteiger partial charge in [0, 0.05) is 32.1 Å². The highest BCUT2D eigenvalue weighted by atomic mass is 32.2. The fraction of sp³-hybridized carbons (Fsp3) is 0.481. The molecular formula is C27H39N3O5S. The van der Waals surface area contributed by atoms with Crippen LogP contribution < -0.4 is 14.4 Å². The van der Waals surface area contributed by atoms with Gasteiger partial charge in [-0.25, -0.2) is 8.42 Å². The summed E-state index contributed by atoms with van der Waals surface area (Å²) in [6.45, 7) is 8.67. The Hall–Kier alpha value is -3.07. The van der Waals surface area contributed by atoms with E-state index in [4.69, 9.17) is 4.74 Å². The molecule has 0 radical (unpaired) electrons. The molecule has 0 aliphatic heterocycles. The Bertz CT molecular complexity index is 1130. The molecule has 8 nitrogen and oxygen atoms in total. The molecule has 0 aliphatic rings. The predicted molar refractivity (Wildman–Crippen MR) is 143 cm³/mol. The van der Waals surface area contributed by atoms with E-state index in [1.54, 1.807) is 36.1 Å². The summed E-state index contributed by atoms with van der Waals surface area (Å²) < 4.78 is 31.4. The Morgan fingerprint density at radius 3 is 2.36 bits per heavy atom. The van der Waals surface area contributed by atoms with E-state index in [0.29, 0.717) is 36.9 Å². The molecular weight excluding hydrogens is 478 g/mol. The summed E-state index contributed by atoms with van der Waals surface area (Å²) in [5.41, 5.74) is 2.47. The van der Waals surface area contributed by atoms with E-state index in [0.717, 1.165) is 17.4 Å². The first-order valence-electron chi connectivity index (χ1n) is 12.2. The van der Waals surface area contributed by atoms with Gasteiger partial charge >= 0.3 is 0 Å². The Kier molecular flexibility index (Phi) is 10.8. The van der Waals surface area contributed by atoms with Gasteiger partial charge in [0.25, 0.3) is 0 Å². The van der Waals surface area contributed by atoms with Gasteiger partial charge in [0.15, 0.2) is 0 Å². The van der Waals surface area contributed by atoms with Crippen molar-refractivity contribution in [2.24, 2.45) is 5.92 Å². The number of benzene rings is 2. The van der Waals surface area contributed by atoms with Crippen molar-refractivity contribution in [3.8, 4) is 5.75 Å². The fourth-order valence-corrected chi connectivity index (χ4v) is 4.77. The highest BCUT2D eigenvalue weighted by molar-refractivity contribution is 7.92. The molecule has 1 N–H and O–H groups in total. The third kappa shape index (κ3) is 8.86. The van der Waals surface area contributed by atoms with Crippen LogP contribution in [0.3, 0.4) is 0 Å². The van der Waals surface area contributed by atoms with Crippen LogP contribution in [-0.2, 0) is 26.2 Å². The molecule has 0 aromatic heterocycles. The summed E-state index contributed by atoms with van der Waals surface area (Å²) in [6, 6.07) is 14.0. The number of rotatable bonds is 13. The number of carbonyl (C=O) groups excluding carboxylic acids is 2. The van der Waals surface area contributed by atoms with Gasteiger partial charge in [-0.1, -0.05) is 49.7 Å². The van der Waals surface area contributed by atoms with E-state index in [9.17, 15) is 18.0 Å².